The Balaban J connectivity index is 1.78. The minimum absolute atomic E-state index is 0.0392. The number of imide groups is 1. The highest BCUT2D eigenvalue weighted by Crippen LogP contribution is 2.22. The molecule has 3 amide bonds. The van der Waals surface area contributed by atoms with Crippen molar-refractivity contribution in [2.45, 2.75) is 70.2 Å². The number of carbonyl (C=O) groups excluding carboxylic acids is 3. The molecule has 7 heteroatoms. The van der Waals surface area contributed by atoms with Crippen LogP contribution in [0.2, 0.25) is 0 Å². The first-order valence-electron chi connectivity index (χ1n) is 7.71. The molecule has 3 atom stereocenters. The van der Waals surface area contributed by atoms with E-state index >= 15 is 0 Å². The summed E-state index contributed by atoms with van der Waals surface area (Å²) in [5.41, 5.74) is -0.512. The fourth-order valence-corrected chi connectivity index (χ4v) is 2.91. The molecule has 1 saturated carbocycles. The number of amides is 3. The van der Waals surface area contributed by atoms with E-state index in [-0.39, 0.29) is 30.3 Å². The number of nitrogens with one attached hydrogen (secondary N) is 2. The van der Waals surface area contributed by atoms with Gasteiger partial charge in [-0.05, 0) is 40.0 Å². The summed E-state index contributed by atoms with van der Waals surface area (Å²) < 4.78 is 5.24. The lowest BCUT2D eigenvalue weighted by Crippen LogP contribution is -2.43. The van der Waals surface area contributed by atoms with E-state index in [1.54, 1.807) is 0 Å². The maximum atomic E-state index is 11.9. The first-order valence-corrected chi connectivity index (χ1v) is 7.71. The normalized spacial score (nSPS) is 29.1. The van der Waals surface area contributed by atoms with Crippen LogP contribution in [0.3, 0.4) is 0 Å². The zero-order valence-corrected chi connectivity index (χ0v) is 13.6. The summed E-state index contributed by atoms with van der Waals surface area (Å²) in [6, 6.07) is -0.256. The molecule has 0 bridgehead atoms. The van der Waals surface area contributed by atoms with Crippen molar-refractivity contribution in [1.29, 1.82) is 0 Å². The molecule has 2 rings (SSSR count). The number of alkyl carbamates (subject to hydrolysis) is 1. The van der Waals surface area contributed by atoms with Crippen molar-refractivity contribution in [2.75, 3.05) is 7.05 Å². The van der Waals surface area contributed by atoms with Crippen molar-refractivity contribution < 1.29 is 19.1 Å². The number of carbonyl (C=O) groups is 3. The van der Waals surface area contributed by atoms with Crippen molar-refractivity contribution in [3.05, 3.63) is 0 Å². The van der Waals surface area contributed by atoms with Crippen LogP contribution in [-0.2, 0) is 14.3 Å². The molecule has 2 fully saturated rings. The van der Waals surface area contributed by atoms with Gasteiger partial charge < -0.3 is 15.4 Å². The van der Waals surface area contributed by atoms with Crippen LogP contribution < -0.4 is 10.6 Å². The fourth-order valence-electron chi connectivity index (χ4n) is 2.91. The Morgan fingerprint density at radius 1 is 1.23 bits per heavy atom. The van der Waals surface area contributed by atoms with Crippen LogP contribution in [-0.4, -0.2) is 53.6 Å². The Labute approximate surface area is 130 Å². The molecule has 0 radical (unpaired) electrons. The zero-order valence-electron chi connectivity index (χ0n) is 13.6. The topological polar surface area (TPSA) is 87.7 Å². The maximum Gasteiger partial charge on any atom is 0.407 e. The number of hydrogen-bond acceptors (Lipinski definition) is 5. The highest BCUT2D eigenvalue weighted by atomic mass is 16.6. The van der Waals surface area contributed by atoms with Crippen LogP contribution in [0.25, 0.3) is 0 Å². The number of rotatable bonds is 3. The van der Waals surface area contributed by atoms with Gasteiger partial charge in [0, 0.05) is 19.1 Å². The van der Waals surface area contributed by atoms with E-state index in [9.17, 15) is 14.4 Å². The molecule has 0 aromatic rings. The molecule has 0 spiro atoms. The fraction of sp³-hybridized carbons (Fsp3) is 0.800. The van der Waals surface area contributed by atoms with Crippen LogP contribution in [0.1, 0.15) is 46.5 Å². The first-order chi connectivity index (χ1) is 10.2. The molecule has 0 aromatic carbocycles. The largest absolute Gasteiger partial charge is 0.444 e. The van der Waals surface area contributed by atoms with E-state index in [4.69, 9.17) is 4.74 Å². The van der Waals surface area contributed by atoms with Gasteiger partial charge in [0.15, 0.2) is 0 Å². The standard InChI is InChI=1S/C15H25N3O4/c1-15(2,3)22-14(21)17-10-6-5-9(7-10)16-11-8-12(19)18(4)13(11)20/h9-11,16H,5-8H2,1-4H3,(H,17,21). The monoisotopic (exact) mass is 311 g/mol. The van der Waals surface area contributed by atoms with Gasteiger partial charge in [-0.1, -0.05) is 0 Å². The van der Waals surface area contributed by atoms with Gasteiger partial charge in [-0.15, -0.1) is 0 Å². The molecule has 1 heterocycles. The molecule has 1 aliphatic carbocycles. The van der Waals surface area contributed by atoms with Crippen molar-refractivity contribution in [3.8, 4) is 0 Å². The molecular weight excluding hydrogens is 286 g/mol. The lowest BCUT2D eigenvalue weighted by Gasteiger charge is -2.22. The molecule has 2 aliphatic rings. The summed E-state index contributed by atoms with van der Waals surface area (Å²) in [6.07, 6.45) is 2.24. The molecule has 3 unspecified atom stereocenters. The second-order valence-electron chi connectivity index (χ2n) is 7.07. The molecule has 1 aliphatic heterocycles. The van der Waals surface area contributed by atoms with Gasteiger partial charge in [0.05, 0.1) is 12.5 Å². The average molecular weight is 311 g/mol. The molecule has 2 N–H and O–H groups in total. The van der Waals surface area contributed by atoms with E-state index < -0.39 is 17.7 Å². The third kappa shape index (κ3) is 4.19. The average Bonchev–Trinajstić information content (AvgIpc) is 2.89. The van der Waals surface area contributed by atoms with E-state index in [0.29, 0.717) is 0 Å². The van der Waals surface area contributed by atoms with Crippen LogP contribution in [0.5, 0.6) is 0 Å². The minimum atomic E-state index is -0.512. The van der Waals surface area contributed by atoms with Crippen molar-refractivity contribution in [3.63, 3.8) is 0 Å². The van der Waals surface area contributed by atoms with E-state index in [0.717, 1.165) is 19.3 Å². The van der Waals surface area contributed by atoms with Gasteiger partial charge in [0.25, 0.3) is 0 Å². The zero-order chi connectivity index (χ0) is 16.5. The first kappa shape index (κ1) is 16.7. The molecule has 22 heavy (non-hydrogen) atoms. The lowest BCUT2D eigenvalue weighted by atomic mass is 10.1. The predicted octanol–water partition coefficient (Wildman–Crippen LogP) is 0.779. The molecule has 124 valence electrons. The van der Waals surface area contributed by atoms with E-state index in [1.807, 2.05) is 20.8 Å². The van der Waals surface area contributed by atoms with Crippen molar-refractivity contribution >= 4 is 17.9 Å². The third-order valence-corrected chi connectivity index (χ3v) is 3.97. The van der Waals surface area contributed by atoms with Crippen molar-refractivity contribution in [1.82, 2.24) is 15.5 Å². The number of nitrogens with zero attached hydrogens (tertiary/aromatic N) is 1. The summed E-state index contributed by atoms with van der Waals surface area (Å²) in [7, 11) is 1.51. The molecule has 1 saturated heterocycles. The Morgan fingerprint density at radius 2 is 1.86 bits per heavy atom. The minimum Gasteiger partial charge on any atom is -0.444 e. The van der Waals surface area contributed by atoms with E-state index in [2.05, 4.69) is 10.6 Å². The Kier molecular flexibility index (Phi) is 4.75. The number of ether oxygens (including phenoxy) is 1. The van der Waals surface area contributed by atoms with Gasteiger partial charge in [-0.25, -0.2) is 4.79 Å². The summed E-state index contributed by atoms with van der Waals surface area (Å²) in [5.74, 6) is -0.322. The van der Waals surface area contributed by atoms with Crippen molar-refractivity contribution in [2.24, 2.45) is 0 Å². The SMILES string of the molecule is CN1C(=O)CC(NC2CCC(NC(=O)OC(C)(C)C)C2)C1=O. The third-order valence-electron chi connectivity index (χ3n) is 3.97. The van der Waals surface area contributed by atoms with Gasteiger partial charge in [-0.3, -0.25) is 14.5 Å². The summed E-state index contributed by atoms with van der Waals surface area (Å²) in [4.78, 5) is 36.3. The van der Waals surface area contributed by atoms with Gasteiger partial charge >= 0.3 is 6.09 Å². The maximum absolute atomic E-state index is 11.9. The van der Waals surface area contributed by atoms with Gasteiger partial charge in [0.1, 0.15) is 5.60 Å². The Hall–Kier alpha value is -1.63. The smallest absolute Gasteiger partial charge is 0.407 e. The molecule has 7 nitrogen and oxygen atoms in total. The van der Waals surface area contributed by atoms with Gasteiger partial charge in [-0.2, -0.15) is 0 Å². The van der Waals surface area contributed by atoms with Crippen LogP contribution in [0.4, 0.5) is 4.79 Å². The number of hydrogen-bond donors (Lipinski definition) is 2. The second-order valence-corrected chi connectivity index (χ2v) is 7.07. The van der Waals surface area contributed by atoms with Crippen LogP contribution in [0.15, 0.2) is 0 Å². The molecule has 0 aromatic heterocycles. The van der Waals surface area contributed by atoms with Gasteiger partial charge in [0.2, 0.25) is 11.8 Å². The number of likely N-dealkylation sites (tertiary alicyclic amines) is 1. The summed E-state index contributed by atoms with van der Waals surface area (Å²) in [6.45, 7) is 5.47. The summed E-state index contributed by atoms with van der Waals surface area (Å²) >= 11 is 0. The Bertz CT molecular complexity index is 472. The highest BCUT2D eigenvalue weighted by molar-refractivity contribution is 6.05. The molecular formula is C15H25N3O4. The quantitative estimate of drug-likeness (QED) is 0.752. The summed E-state index contributed by atoms with van der Waals surface area (Å²) in [5, 5.41) is 6.09. The Morgan fingerprint density at radius 3 is 2.41 bits per heavy atom. The predicted molar refractivity (Wildman–Crippen MR) is 80.1 cm³/mol. The lowest BCUT2D eigenvalue weighted by molar-refractivity contribution is -0.137. The van der Waals surface area contributed by atoms with Crippen LogP contribution >= 0.6 is 0 Å². The highest BCUT2D eigenvalue weighted by Gasteiger charge is 2.38. The van der Waals surface area contributed by atoms with E-state index in [1.165, 1.54) is 11.9 Å². The van der Waals surface area contributed by atoms with Crippen LogP contribution in [0, 0.1) is 0 Å². The number of likely N-dealkylation sites (N-methyl/N-ethyl adjacent to an activating group) is 1. The second kappa shape index (κ2) is 6.24.